The zero-order chi connectivity index (χ0) is 19.5. The molecule has 0 spiro atoms. The van der Waals surface area contributed by atoms with E-state index in [4.69, 9.17) is 23.2 Å². The molecule has 2 aromatic heterocycles. The molecule has 2 heterocycles. The van der Waals surface area contributed by atoms with Gasteiger partial charge >= 0.3 is 6.18 Å². The van der Waals surface area contributed by atoms with Gasteiger partial charge in [-0.2, -0.15) is 13.2 Å². The first-order valence-corrected chi connectivity index (χ1v) is 8.40. The summed E-state index contributed by atoms with van der Waals surface area (Å²) in [6, 6.07) is 6.28. The molecule has 0 aliphatic heterocycles. The Morgan fingerprint density at radius 2 is 1.58 bits per heavy atom. The van der Waals surface area contributed by atoms with Gasteiger partial charge in [0.25, 0.3) is 0 Å². The lowest BCUT2D eigenvalue weighted by molar-refractivity contribution is -0.137. The summed E-state index contributed by atoms with van der Waals surface area (Å²) in [6.45, 7) is 4.00. The molecule has 0 saturated carbocycles. The van der Waals surface area contributed by atoms with Gasteiger partial charge in [-0.1, -0.05) is 37.0 Å². The van der Waals surface area contributed by atoms with E-state index in [0.29, 0.717) is 17.0 Å². The Bertz CT molecular complexity index is 887. The number of aromatic nitrogens is 4. The molecule has 3 aromatic rings. The summed E-state index contributed by atoms with van der Waals surface area (Å²) in [4.78, 5) is 3.82. The number of halogens is 5. The first kappa shape index (κ1) is 20.2. The molecule has 0 amide bonds. The van der Waals surface area contributed by atoms with Crippen LogP contribution in [0.25, 0.3) is 22.5 Å². The molecule has 26 heavy (non-hydrogen) atoms. The maximum absolute atomic E-state index is 13.1. The van der Waals surface area contributed by atoms with Gasteiger partial charge < -0.3 is 4.57 Å². The Balaban J connectivity index is 0.00000117. The summed E-state index contributed by atoms with van der Waals surface area (Å²) >= 11 is 11.8. The number of alkyl halides is 3. The number of benzene rings is 1. The number of hydrogen-bond donors (Lipinski definition) is 0. The van der Waals surface area contributed by atoms with Gasteiger partial charge in [-0.3, -0.25) is 0 Å². The predicted molar refractivity (Wildman–Crippen MR) is 96.0 cm³/mol. The Kier molecular flexibility index (Phi) is 6.26. The largest absolute Gasteiger partial charge is 0.416 e. The van der Waals surface area contributed by atoms with Crippen molar-refractivity contribution in [3.05, 3.63) is 52.5 Å². The number of aryl methyl sites for hydroxylation is 1. The fraction of sp³-hybridized carbons (Fsp3) is 0.235. The van der Waals surface area contributed by atoms with Gasteiger partial charge in [0.05, 0.1) is 5.56 Å². The fourth-order valence-corrected chi connectivity index (χ4v) is 2.76. The maximum Gasteiger partial charge on any atom is 0.416 e. The lowest BCUT2D eigenvalue weighted by Gasteiger charge is -2.14. The minimum absolute atomic E-state index is 0.0822. The molecule has 0 unspecified atom stereocenters. The zero-order valence-corrected chi connectivity index (χ0v) is 15.7. The zero-order valence-electron chi connectivity index (χ0n) is 14.1. The van der Waals surface area contributed by atoms with E-state index in [0.717, 1.165) is 12.1 Å². The summed E-state index contributed by atoms with van der Waals surface area (Å²) in [5.41, 5.74) is 0.380. The van der Waals surface area contributed by atoms with Crippen LogP contribution >= 0.6 is 23.2 Å². The second-order valence-corrected chi connectivity index (χ2v) is 5.80. The summed E-state index contributed by atoms with van der Waals surface area (Å²) in [6.07, 6.45) is -3.02. The number of hydrogen-bond acceptors (Lipinski definition) is 3. The minimum atomic E-state index is -4.48. The first-order valence-electron chi connectivity index (χ1n) is 7.65. The highest BCUT2D eigenvalue weighted by atomic mass is 35.5. The van der Waals surface area contributed by atoms with Crippen molar-refractivity contribution in [1.29, 1.82) is 0 Å². The highest BCUT2D eigenvalue weighted by Gasteiger charge is 2.31. The van der Waals surface area contributed by atoms with Gasteiger partial charge in [0.2, 0.25) is 0 Å². The van der Waals surface area contributed by atoms with E-state index < -0.39 is 11.7 Å². The lowest BCUT2D eigenvalue weighted by Crippen LogP contribution is -2.06. The third-order valence-corrected chi connectivity index (χ3v) is 3.76. The SMILES string of the molecule is CC.Cn1cnnc1-c1ccc(C(F)(F)F)cc1-c1cc(Cl)nc(Cl)c1. The molecule has 0 bridgehead atoms. The molecule has 3 rings (SSSR count). The molecule has 0 radical (unpaired) electrons. The van der Waals surface area contributed by atoms with Crippen LogP contribution in [0.4, 0.5) is 13.2 Å². The van der Waals surface area contributed by atoms with E-state index in [2.05, 4.69) is 15.2 Å². The predicted octanol–water partition coefficient (Wildman–Crippen LogP) is 5.90. The van der Waals surface area contributed by atoms with Crippen LogP contribution in [0.5, 0.6) is 0 Å². The topological polar surface area (TPSA) is 43.6 Å². The van der Waals surface area contributed by atoms with Crippen molar-refractivity contribution in [2.75, 3.05) is 0 Å². The average Bonchev–Trinajstić information content (AvgIpc) is 3.00. The maximum atomic E-state index is 13.1. The molecule has 0 atom stereocenters. The van der Waals surface area contributed by atoms with Crippen LogP contribution in [-0.2, 0) is 13.2 Å². The molecule has 1 aromatic carbocycles. The third-order valence-electron chi connectivity index (χ3n) is 3.37. The fourth-order valence-electron chi connectivity index (χ4n) is 2.30. The molecular formula is C17H15Cl2F3N4. The molecule has 0 fully saturated rings. The molecule has 9 heteroatoms. The van der Waals surface area contributed by atoms with Crippen LogP contribution in [0, 0.1) is 0 Å². The van der Waals surface area contributed by atoms with E-state index in [1.165, 1.54) is 24.5 Å². The van der Waals surface area contributed by atoms with E-state index in [1.807, 2.05) is 13.8 Å². The van der Waals surface area contributed by atoms with Crippen LogP contribution < -0.4 is 0 Å². The van der Waals surface area contributed by atoms with Crippen LogP contribution in [0.15, 0.2) is 36.7 Å². The van der Waals surface area contributed by atoms with Crippen molar-refractivity contribution >= 4 is 23.2 Å². The summed E-state index contributed by atoms with van der Waals surface area (Å²) in [5.74, 6) is 0.419. The normalized spacial score (nSPS) is 11.1. The van der Waals surface area contributed by atoms with Gasteiger partial charge in [0.15, 0.2) is 5.82 Å². The van der Waals surface area contributed by atoms with Crippen molar-refractivity contribution in [2.45, 2.75) is 20.0 Å². The van der Waals surface area contributed by atoms with E-state index in [9.17, 15) is 13.2 Å². The molecule has 4 nitrogen and oxygen atoms in total. The quantitative estimate of drug-likeness (QED) is 0.501. The van der Waals surface area contributed by atoms with Crippen LogP contribution in [0.3, 0.4) is 0 Å². The molecule has 0 saturated heterocycles. The highest BCUT2D eigenvalue weighted by Crippen LogP contribution is 2.38. The van der Waals surface area contributed by atoms with Gasteiger partial charge in [-0.15, -0.1) is 10.2 Å². The van der Waals surface area contributed by atoms with Crippen LogP contribution in [0.2, 0.25) is 10.3 Å². The van der Waals surface area contributed by atoms with Crippen molar-refractivity contribution in [3.63, 3.8) is 0 Å². The summed E-state index contributed by atoms with van der Waals surface area (Å²) < 4.78 is 40.9. The van der Waals surface area contributed by atoms with Gasteiger partial charge in [0, 0.05) is 12.6 Å². The lowest BCUT2D eigenvalue weighted by atomic mass is 9.97. The van der Waals surface area contributed by atoms with Crippen LogP contribution in [-0.4, -0.2) is 19.7 Å². The summed E-state index contributed by atoms with van der Waals surface area (Å²) in [5, 5.41) is 7.89. The molecule has 0 aliphatic rings. The van der Waals surface area contributed by atoms with E-state index in [-0.39, 0.29) is 15.9 Å². The number of pyridine rings is 1. The van der Waals surface area contributed by atoms with Gasteiger partial charge in [0.1, 0.15) is 16.6 Å². The second kappa shape index (κ2) is 8.05. The van der Waals surface area contributed by atoms with Crippen molar-refractivity contribution in [1.82, 2.24) is 19.7 Å². The van der Waals surface area contributed by atoms with Gasteiger partial charge in [-0.05, 0) is 41.5 Å². The molecule has 0 N–H and O–H groups in total. The standard InChI is InChI=1S/C15H9Cl2F3N4.C2H6/c1-24-7-21-23-14(24)10-3-2-9(15(18,19)20)6-11(10)8-4-12(16)22-13(17)5-8;1-2/h2-7H,1H3;1-2H3. The summed E-state index contributed by atoms with van der Waals surface area (Å²) in [7, 11) is 1.70. The smallest absolute Gasteiger partial charge is 0.317 e. The Morgan fingerprint density at radius 3 is 2.08 bits per heavy atom. The third kappa shape index (κ3) is 4.34. The van der Waals surface area contributed by atoms with E-state index in [1.54, 1.807) is 11.6 Å². The van der Waals surface area contributed by atoms with Crippen molar-refractivity contribution < 1.29 is 13.2 Å². The minimum Gasteiger partial charge on any atom is -0.317 e. The second-order valence-electron chi connectivity index (χ2n) is 5.02. The molecule has 138 valence electrons. The van der Waals surface area contributed by atoms with Crippen molar-refractivity contribution in [2.24, 2.45) is 7.05 Å². The van der Waals surface area contributed by atoms with Gasteiger partial charge in [-0.25, -0.2) is 4.98 Å². The Hall–Kier alpha value is -2.12. The average molecular weight is 403 g/mol. The van der Waals surface area contributed by atoms with Crippen molar-refractivity contribution in [3.8, 4) is 22.5 Å². The first-order chi connectivity index (χ1) is 12.3. The monoisotopic (exact) mass is 402 g/mol. The Morgan fingerprint density at radius 1 is 0.962 bits per heavy atom. The number of rotatable bonds is 2. The highest BCUT2D eigenvalue weighted by molar-refractivity contribution is 6.32. The molecular weight excluding hydrogens is 388 g/mol. The number of nitrogens with zero attached hydrogens (tertiary/aromatic N) is 4. The van der Waals surface area contributed by atoms with E-state index >= 15 is 0 Å². The Labute approximate surface area is 158 Å². The van der Waals surface area contributed by atoms with Crippen LogP contribution in [0.1, 0.15) is 19.4 Å². The molecule has 0 aliphatic carbocycles.